The number of hydrogen-bond donors (Lipinski definition) is 2. The molecule has 1 aromatic carbocycles. The van der Waals surface area contributed by atoms with Gasteiger partial charge in [-0.05, 0) is 12.1 Å². The zero-order valence-corrected chi connectivity index (χ0v) is 8.81. The molecule has 0 amide bonds. The van der Waals surface area contributed by atoms with E-state index >= 15 is 0 Å². The molecule has 0 fully saturated rings. The van der Waals surface area contributed by atoms with Crippen molar-refractivity contribution in [2.45, 2.75) is 6.54 Å². The topological polar surface area (TPSA) is 50.1 Å². The summed E-state index contributed by atoms with van der Waals surface area (Å²) in [6.45, 7) is 0.508. The van der Waals surface area contributed by atoms with E-state index < -0.39 is 5.82 Å². The lowest BCUT2D eigenvalue weighted by Gasteiger charge is -2.06. The van der Waals surface area contributed by atoms with Crippen LogP contribution in [0.3, 0.4) is 0 Å². The van der Waals surface area contributed by atoms with E-state index in [9.17, 15) is 4.39 Å². The van der Waals surface area contributed by atoms with E-state index in [2.05, 4.69) is 10.3 Å². The molecule has 0 bridgehead atoms. The Hall–Kier alpha value is -2.04. The van der Waals surface area contributed by atoms with Gasteiger partial charge in [-0.25, -0.2) is 9.37 Å². The molecule has 5 heteroatoms. The van der Waals surface area contributed by atoms with Gasteiger partial charge in [-0.1, -0.05) is 0 Å². The van der Waals surface area contributed by atoms with Crippen molar-refractivity contribution in [2.24, 2.45) is 7.05 Å². The maximum atomic E-state index is 13.0. The van der Waals surface area contributed by atoms with Crippen LogP contribution < -0.4 is 5.32 Å². The highest BCUT2D eigenvalue weighted by Gasteiger charge is 2.02. The summed E-state index contributed by atoms with van der Waals surface area (Å²) in [7, 11) is 1.89. The Morgan fingerprint density at radius 3 is 2.94 bits per heavy atom. The molecule has 2 N–H and O–H groups in total. The number of nitrogens with zero attached hydrogens (tertiary/aromatic N) is 2. The largest absolute Gasteiger partial charge is 0.505 e. The number of phenolic OH excluding ortho intramolecular Hbond substituents is 1. The molecule has 1 heterocycles. The Bertz CT molecular complexity index is 496. The first kappa shape index (κ1) is 10.5. The van der Waals surface area contributed by atoms with Gasteiger partial charge in [0.1, 0.15) is 5.82 Å². The lowest BCUT2D eigenvalue weighted by atomic mass is 10.3. The molecule has 16 heavy (non-hydrogen) atoms. The fourth-order valence-electron chi connectivity index (χ4n) is 1.36. The average Bonchev–Trinajstić information content (AvgIpc) is 2.66. The highest BCUT2D eigenvalue weighted by Crippen LogP contribution is 2.19. The third-order valence-corrected chi connectivity index (χ3v) is 2.32. The van der Waals surface area contributed by atoms with Crippen molar-refractivity contribution in [2.75, 3.05) is 5.32 Å². The van der Waals surface area contributed by atoms with Gasteiger partial charge in [0.15, 0.2) is 11.6 Å². The molecule has 0 atom stereocenters. The van der Waals surface area contributed by atoms with Crippen molar-refractivity contribution in [3.05, 3.63) is 42.2 Å². The van der Waals surface area contributed by atoms with Crippen molar-refractivity contribution in [1.29, 1.82) is 0 Å². The predicted octanol–water partition coefficient (Wildman–Crippen LogP) is 1.88. The highest BCUT2D eigenvalue weighted by molar-refractivity contribution is 5.46. The second kappa shape index (κ2) is 4.22. The molecule has 0 aliphatic rings. The van der Waals surface area contributed by atoms with E-state index in [4.69, 9.17) is 5.11 Å². The normalized spacial score (nSPS) is 10.4. The predicted molar refractivity (Wildman–Crippen MR) is 58.6 cm³/mol. The van der Waals surface area contributed by atoms with E-state index in [1.54, 1.807) is 12.3 Å². The van der Waals surface area contributed by atoms with E-state index in [0.717, 1.165) is 5.82 Å². The van der Waals surface area contributed by atoms with Crippen LogP contribution in [0.5, 0.6) is 5.75 Å². The molecule has 0 aliphatic carbocycles. The number of aromatic nitrogens is 2. The fraction of sp³-hybridized carbons (Fsp3) is 0.182. The highest BCUT2D eigenvalue weighted by atomic mass is 19.1. The first-order valence-corrected chi connectivity index (χ1v) is 4.85. The summed E-state index contributed by atoms with van der Waals surface area (Å²) < 4.78 is 14.9. The molecule has 0 radical (unpaired) electrons. The molecule has 1 aromatic heterocycles. The average molecular weight is 221 g/mol. The molecular weight excluding hydrogens is 209 g/mol. The minimum absolute atomic E-state index is 0.345. The molecular formula is C11H12FN3O. The number of aromatic hydroxyl groups is 1. The maximum absolute atomic E-state index is 13.0. The Morgan fingerprint density at radius 1 is 1.50 bits per heavy atom. The van der Waals surface area contributed by atoms with Crippen molar-refractivity contribution in [1.82, 2.24) is 9.55 Å². The third kappa shape index (κ3) is 2.13. The van der Waals surface area contributed by atoms with Gasteiger partial charge in [-0.3, -0.25) is 0 Å². The summed E-state index contributed by atoms with van der Waals surface area (Å²) in [5.74, 6) is -0.124. The number of nitrogens with one attached hydrogen (secondary N) is 1. The number of halogens is 1. The maximum Gasteiger partial charge on any atom is 0.166 e. The van der Waals surface area contributed by atoms with Crippen LogP contribution in [0.2, 0.25) is 0 Å². The summed E-state index contributed by atoms with van der Waals surface area (Å²) in [6.07, 6.45) is 3.54. The second-order valence-electron chi connectivity index (χ2n) is 3.47. The number of rotatable bonds is 3. The molecule has 84 valence electrons. The van der Waals surface area contributed by atoms with Crippen molar-refractivity contribution in [3.63, 3.8) is 0 Å². The third-order valence-electron chi connectivity index (χ3n) is 2.32. The lowest BCUT2D eigenvalue weighted by Crippen LogP contribution is -2.05. The van der Waals surface area contributed by atoms with Crippen LogP contribution in [0.1, 0.15) is 5.82 Å². The quantitative estimate of drug-likeness (QED) is 0.778. The van der Waals surface area contributed by atoms with Crippen LogP contribution in [0, 0.1) is 5.82 Å². The van der Waals surface area contributed by atoms with Gasteiger partial charge in [-0.2, -0.15) is 0 Å². The minimum Gasteiger partial charge on any atom is -0.505 e. The van der Waals surface area contributed by atoms with E-state index in [1.807, 2.05) is 17.8 Å². The SMILES string of the molecule is Cn1ccnc1CNc1ccc(O)c(F)c1. The molecule has 0 saturated heterocycles. The first-order chi connectivity index (χ1) is 7.66. The summed E-state index contributed by atoms with van der Waals surface area (Å²) in [6, 6.07) is 4.18. The number of phenols is 1. The summed E-state index contributed by atoms with van der Waals surface area (Å²) in [5, 5.41) is 12.0. The van der Waals surface area contributed by atoms with E-state index in [-0.39, 0.29) is 5.75 Å². The van der Waals surface area contributed by atoms with Crippen LogP contribution in [0.15, 0.2) is 30.6 Å². The summed E-state index contributed by atoms with van der Waals surface area (Å²) >= 11 is 0. The van der Waals surface area contributed by atoms with E-state index in [1.165, 1.54) is 12.1 Å². The molecule has 0 unspecified atom stereocenters. The first-order valence-electron chi connectivity index (χ1n) is 4.85. The van der Waals surface area contributed by atoms with Crippen LogP contribution in [0.25, 0.3) is 0 Å². The van der Waals surface area contributed by atoms with Crippen LogP contribution in [0.4, 0.5) is 10.1 Å². The molecule has 0 aliphatic heterocycles. The van der Waals surface area contributed by atoms with Gasteiger partial charge in [0, 0.05) is 31.2 Å². The minimum atomic E-state index is -0.634. The number of aryl methyl sites for hydroxylation is 1. The van der Waals surface area contributed by atoms with Crippen molar-refractivity contribution < 1.29 is 9.50 Å². The van der Waals surface area contributed by atoms with Crippen LogP contribution >= 0.6 is 0 Å². The molecule has 0 saturated carbocycles. The zero-order chi connectivity index (χ0) is 11.5. The standard InChI is InChI=1S/C11H12FN3O/c1-15-5-4-13-11(15)7-14-8-2-3-10(16)9(12)6-8/h2-6,14,16H,7H2,1H3. The van der Waals surface area contributed by atoms with E-state index in [0.29, 0.717) is 12.2 Å². The van der Waals surface area contributed by atoms with Gasteiger partial charge in [0.05, 0.1) is 6.54 Å². The Labute approximate surface area is 92.4 Å². The van der Waals surface area contributed by atoms with Crippen molar-refractivity contribution >= 4 is 5.69 Å². The Kier molecular flexibility index (Phi) is 2.76. The smallest absolute Gasteiger partial charge is 0.166 e. The molecule has 2 rings (SSSR count). The monoisotopic (exact) mass is 221 g/mol. The summed E-state index contributed by atoms with van der Waals surface area (Å²) in [5.41, 5.74) is 0.610. The van der Waals surface area contributed by atoms with Gasteiger partial charge < -0.3 is 15.0 Å². The fourth-order valence-corrected chi connectivity index (χ4v) is 1.36. The van der Waals surface area contributed by atoms with Gasteiger partial charge in [0.25, 0.3) is 0 Å². The number of anilines is 1. The Morgan fingerprint density at radius 2 is 2.31 bits per heavy atom. The van der Waals surface area contributed by atoms with Crippen LogP contribution in [-0.4, -0.2) is 14.7 Å². The molecule has 2 aromatic rings. The number of hydrogen-bond acceptors (Lipinski definition) is 3. The summed E-state index contributed by atoms with van der Waals surface area (Å²) in [4.78, 5) is 4.13. The zero-order valence-electron chi connectivity index (χ0n) is 8.81. The van der Waals surface area contributed by atoms with Gasteiger partial charge in [-0.15, -0.1) is 0 Å². The molecule has 4 nitrogen and oxygen atoms in total. The lowest BCUT2D eigenvalue weighted by molar-refractivity contribution is 0.432. The van der Waals surface area contributed by atoms with Crippen LogP contribution in [-0.2, 0) is 13.6 Å². The Balaban J connectivity index is 2.05. The van der Waals surface area contributed by atoms with Gasteiger partial charge in [0.2, 0.25) is 0 Å². The second-order valence-corrected chi connectivity index (χ2v) is 3.47. The molecule has 0 spiro atoms. The van der Waals surface area contributed by atoms with Gasteiger partial charge >= 0.3 is 0 Å². The number of imidazole rings is 1. The van der Waals surface area contributed by atoms with Crippen molar-refractivity contribution in [3.8, 4) is 5.75 Å². The number of benzene rings is 1.